The molecular formula is C14H10Cl3N3O2. The van der Waals surface area contributed by atoms with Gasteiger partial charge in [0.15, 0.2) is 0 Å². The van der Waals surface area contributed by atoms with E-state index in [1.165, 1.54) is 6.07 Å². The van der Waals surface area contributed by atoms with E-state index in [9.17, 15) is 9.59 Å². The van der Waals surface area contributed by atoms with E-state index in [0.717, 1.165) is 0 Å². The molecule has 0 unspecified atom stereocenters. The number of rotatable bonds is 1. The largest absolute Gasteiger partial charge is 0.332 e. The van der Waals surface area contributed by atoms with Crippen molar-refractivity contribution < 1.29 is 4.79 Å². The number of hydrogen-bond acceptors (Lipinski definition) is 3. The first-order valence-electron chi connectivity index (χ1n) is 6.47. The van der Waals surface area contributed by atoms with Gasteiger partial charge in [0, 0.05) is 17.7 Å². The fourth-order valence-electron chi connectivity index (χ4n) is 2.39. The third-order valence-corrected chi connectivity index (χ3v) is 4.42. The highest BCUT2D eigenvalue weighted by Gasteiger charge is 2.25. The molecule has 1 amide bonds. The number of H-pyrrole nitrogens is 1. The van der Waals surface area contributed by atoms with Gasteiger partial charge in [-0.15, -0.1) is 0 Å². The van der Waals surface area contributed by atoms with E-state index < -0.39 is 0 Å². The van der Waals surface area contributed by atoms with Gasteiger partial charge >= 0.3 is 0 Å². The summed E-state index contributed by atoms with van der Waals surface area (Å²) < 4.78 is 0. The van der Waals surface area contributed by atoms with Crippen LogP contribution < -0.4 is 5.56 Å². The third-order valence-electron chi connectivity index (χ3n) is 3.50. The second kappa shape index (κ2) is 5.91. The highest BCUT2D eigenvalue weighted by atomic mass is 35.5. The summed E-state index contributed by atoms with van der Waals surface area (Å²) in [4.78, 5) is 32.5. The van der Waals surface area contributed by atoms with E-state index in [0.29, 0.717) is 39.8 Å². The Bertz CT molecular complexity index is 819. The van der Waals surface area contributed by atoms with Crippen molar-refractivity contribution in [1.82, 2.24) is 14.9 Å². The lowest BCUT2D eigenvalue weighted by Crippen LogP contribution is -2.39. The van der Waals surface area contributed by atoms with Crippen molar-refractivity contribution in [2.75, 3.05) is 6.54 Å². The molecule has 3 rings (SSSR count). The summed E-state index contributed by atoms with van der Waals surface area (Å²) in [5, 5.41) is 0.734. The smallest absolute Gasteiger partial charge is 0.255 e. The average Bonchev–Trinajstić information content (AvgIpc) is 2.48. The van der Waals surface area contributed by atoms with Gasteiger partial charge in [0.25, 0.3) is 11.5 Å². The number of amides is 1. The summed E-state index contributed by atoms with van der Waals surface area (Å²) in [6, 6.07) is 4.72. The quantitative estimate of drug-likeness (QED) is 0.797. The molecule has 0 aliphatic carbocycles. The zero-order valence-electron chi connectivity index (χ0n) is 11.2. The van der Waals surface area contributed by atoms with E-state index in [4.69, 9.17) is 34.8 Å². The first-order valence-corrected chi connectivity index (χ1v) is 7.61. The van der Waals surface area contributed by atoms with Crippen LogP contribution in [0.25, 0.3) is 0 Å². The van der Waals surface area contributed by atoms with Gasteiger partial charge < -0.3 is 4.90 Å². The van der Waals surface area contributed by atoms with Gasteiger partial charge in [-0.1, -0.05) is 23.2 Å². The van der Waals surface area contributed by atoms with Crippen molar-refractivity contribution >= 4 is 40.7 Å². The molecule has 1 aromatic carbocycles. The number of fused-ring (bicyclic) bond motifs is 1. The number of hydrogen-bond donors (Lipinski definition) is 1. The molecule has 0 saturated heterocycles. The number of nitrogens with zero attached hydrogens (tertiary/aromatic N) is 2. The molecule has 0 atom stereocenters. The standard InChI is InChI=1S/C14H10Cl3N3O2/c15-9-2-1-7(5-10(9)16)13(22)20-4-3-8-11(6-20)18-14(17)19-12(8)21/h1-2,5H,3-4,6H2,(H,18,19,21). The summed E-state index contributed by atoms with van der Waals surface area (Å²) in [7, 11) is 0. The summed E-state index contributed by atoms with van der Waals surface area (Å²) in [5.74, 6) is -0.192. The van der Waals surface area contributed by atoms with Crippen LogP contribution in [0.4, 0.5) is 0 Å². The Morgan fingerprint density at radius 1 is 1.23 bits per heavy atom. The molecule has 5 nitrogen and oxygen atoms in total. The fraction of sp³-hybridized carbons (Fsp3) is 0.214. The van der Waals surface area contributed by atoms with Crippen LogP contribution in [0.1, 0.15) is 21.6 Å². The molecule has 0 fully saturated rings. The zero-order valence-corrected chi connectivity index (χ0v) is 13.5. The van der Waals surface area contributed by atoms with Crippen molar-refractivity contribution in [3.8, 4) is 0 Å². The van der Waals surface area contributed by atoms with E-state index in [1.807, 2.05) is 0 Å². The second-order valence-electron chi connectivity index (χ2n) is 4.89. The van der Waals surface area contributed by atoms with Crippen LogP contribution in [0.15, 0.2) is 23.0 Å². The van der Waals surface area contributed by atoms with Crippen LogP contribution in [0.3, 0.4) is 0 Å². The van der Waals surface area contributed by atoms with Gasteiger partial charge in [-0.2, -0.15) is 0 Å². The predicted molar refractivity (Wildman–Crippen MR) is 84.8 cm³/mol. The fourth-order valence-corrected chi connectivity index (χ4v) is 2.88. The minimum Gasteiger partial charge on any atom is -0.332 e. The molecule has 1 aliphatic rings. The lowest BCUT2D eigenvalue weighted by molar-refractivity contribution is 0.0731. The maximum absolute atomic E-state index is 12.5. The van der Waals surface area contributed by atoms with Crippen LogP contribution >= 0.6 is 34.8 Å². The molecule has 0 spiro atoms. The van der Waals surface area contributed by atoms with E-state index in [-0.39, 0.29) is 23.3 Å². The number of carbonyl (C=O) groups is 1. The molecule has 0 bridgehead atoms. The lowest BCUT2D eigenvalue weighted by Gasteiger charge is -2.27. The topological polar surface area (TPSA) is 66.1 Å². The van der Waals surface area contributed by atoms with Gasteiger partial charge in [0.2, 0.25) is 5.28 Å². The number of nitrogens with one attached hydrogen (secondary N) is 1. The lowest BCUT2D eigenvalue weighted by atomic mass is 10.1. The normalized spacial score (nSPS) is 13.9. The van der Waals surface area contributed by atoms with E-state index in [2.05, 4.69) is 9.97 Å². The Kier molecular flexibility index (Phi) is 4.12. The molecule has 22 heavy (non-hydrogen) atoms. The maximum atomic E-state index is 12.5. The Labute approximate surface area is 140 Å². The van der Waals surface area contributed by atoms with Gasteiger partial charge in [0.1, 0.15) is 0 Å². The van der Waals surface area contributed by atoms with Gasteiger partial charge in [-0.05, 0) is 36.2 Å². The van der Waals surface area contributed by atoms with Crippen molar-refractivity contribution in [1.29, 1.82) is 0 Å². The predicted octanol–water partition coefficient (Wildman–Crippen LogP) is 2.93. The molecule has 0 radical (unpaired) electrons. The molecule has 8 heteroatoms. The van der Waals surface area contributed by atoms with Crippen LogP contribution in [-0.4, -0.2) is 27.3 Å². The Hall–Kier alpha value is -1.56. The Morgan fingerprint density at radius 3 is 2.73 bits per heavy atom. The molecule has 2 heterocycles. The molecule has 1 N–H and O–H groups in total. The van der Waals surface area contributed by atoms with Crippen LogP contribution in [-0.2, 0) is 13.0 Å². The van der Waals surface area contributed by atoms with Crippen molar-refractivity contribution in [2.24, 2.45) is 0 Å². The Balaban J connectivity index is 1.89. The minimum atomic E-state index is -0.253. The van der Waals surface area contributed by atoms with Crippen LogP contribution in [0.5, 0.6) is 0 Å². The molecule has 1 aromatic heterocycles. The molecule has 2 aromatic rings. The Morgan fingerprint density at radius 2 is 2.00 bits per heavy atom. The maximum Gasteiger partial charge on any atom is 0.255 e. The molecule has 0 saturated carbocycles. The van der Waals surface area contributed by atoms with Crippen LogP contribution in [0.2, 0.25) is 15.3 Å². The highest BCUT2D eigenvalue weighted by molar-refractivity contribution is 6.42. The van der Waals surface area contributed by atoms with Crippen molar-refractivity contribution in [3.63, 3.8) is 0 Å². The third kappa shape index (κ3) is 2.84. The molecular weight excluding hydrogens is 349 g/mol. The van der Waals surface area contributed by atoms with Gasteiger partial charge in [0.05, 0.1) is 22.3 Å². The summed E-state index contributed by atoms with van der Waals surface area (Å²) >= 11 is 17.6. The molecule has 114 valence electrons. The van der Waals surface area contributed by atoms with Crippen molar-refractivity contribution in [3.05, 3.63) is 60.7 Å². The highest BCUT2D eigenvalue weighted by Crippen LogP contribution is 2.24. The van der Waals surface area contributed by atoms with Gasteiger partial charge in [-0.25, -0.2) is 4.98 Å². The monoisotopic (exact) mass is 357 g/mol. The number of aromatic nitrogens is 2. The summed E-state index contributed by atoms with van der Waals surface area (Å²) in [6.07, 6.45) is 0.432. The first kappa shape index (κ1) is 15.3. The van der Waals surface area contributed by atoms with Gasteiger partial charge in [-0.3, -0.25) is 14.6 Å². The average molecular weight is 359 g/mol. The number of halogens is 3. The summed E-state index contributed by atoms with van der Waals surface area (Å²) in [6.45, 7) is 0.663. The second-order valence-corrected chi connectivity index (χ2v) is 6.06. The number of carbonyl (C=O) groups excluding carboxylic acids is 1. The summed E-state index contributed by atoms with van der Waals surface area (Å²) in [5.41, 5.74) is 1.28. The zero-order chi connectivity index (χ0) is 15.9. The molecule has 1 aliphatic heterocycles. The van der Waals surface area contributed by atoms with Crippen molar-refractivity contribution in [2.45, 2.75) is 13.0 Å². The van der Waals surface area contributed by atoms with E-state index in [1.54, 1.807) is 17.0 Å². The van der Waals surface area contributed by atoms with E-state index >= 15 is 0 Å². The SMILES string of the molecule is O=C(c1ccc(Cl)c(Cl)c1)N1CCc2c(nc(Cl)[nH]c2=O)C1. The first-order chi connectivity index (χ1) is 10.5. The number of benzene rings is 1. The van der Waals surface area contributed by atoms with Crippen LogP contribution in [0, 0.1) is 0 Å². The minimum absolute atomic E-state index is 0.0209. The number of aromatic amines is 1.